The van der Waals surface area contributed by atoms with Crippen molar-refractivity contribution in [3.63, 3.8) is 0 Å². The molecule has 92 valence electrons. The summed E-state index contributed by atoms with van der Waals surface area (Å²) in [6.07, 6.45) is 0.855. The first-order chi connectivity index (χ1) is 8.63. The van der Waals surface area contributed by atoms with Gasteiger partial charge in [0.05, 0.1) is 5.56 Å². The summed E-state index contributed by atoms with van der Waals surface area (Å²) in [5.74, 6) is -1.93. The second-order valence-electron chi connectivity index (χ2n) is 4.03. The van der Waals surface area contributed by atoms with Crippen molar-refractivity contribution in [2.75, 3.05) is 0 Å². The Hall–Kier alpha value is -2.16. The summed E-state index contributed by atoms with van der Waals surface area (Å²) >= 11 is 0. The topological polar surface area (TPSA) is 37.3 Å². The van der Waals surface area contributed by atoms with E-state index in [4.69, 9.17) is 5.11 Å². The van der Waals surface area contributed by atoms with Gasteiger partial charge in [-0.15, -0.1) is 0 Å². The molecule has 2 aromatic rings. The SMILES string of the molecule is CCc1cccc(-c2cccc(C(=O)O)c2F)c1. The third-order valence-corrected chi connectivity index (χ3v) is 2.88. The molecule has 0 saturated carbocycles. The minimum Gasteiger partial charge on any atom is -0.478 e. The fraction of sp³-hybridized carbons (Fsp3) is 0.133. The van der Waals surface area contributed by atoms with Gasteiger partial charge in [0.15, 0.2) is 0 Å². The van der Waals surface area contributed by atoms with Gasteiger partial charge in [-0.2, -0.15) is 0 Å². The summed E-state index contributed by atoms with van der Waals surface area (Å²) in [6.45, 7) is 2.02. The summed E-state index contributed by atoms with van der Waals surface area (Å²) < 4.78 is 14.1. The van der Waals surface area contributed by atoms with Gasteiger partial charge in [-0.3, -0.25) is 0 Å². The van der Waals surface area contributed by atoms with E-state index in [9.17, 15) is 9.18 Å². The third kappa shape index (κ3) is 2.25. The molecule has 0 aliphatic carbocycles. The average molecular weight is 244 g/mol. The van der Waals surface area contributed by atoms with Crippen LogP contribution in [-0.2, 0) is 6.42 Å². The molecule has 0 amide bonds. The van der Waals surface area contributed by atoms with E-state index in [0.717, 1.165) is 12.0 Å². The quantitative estimate of drug-likeness (QED) is 0.892. The first-order valence-electron chi connectivity index (χ1n) is 5.74. The zero-order valence-corrected chi connectivity index (χ0v) is 9.98. The van der Waals surface area contributed by atoms with E-state index in [2.05, 4.69) is 0 Å². The zero-order valence-electron chi connectivity index (χ0n) is 9.98. The van der Waals surface area contributed by atoms with Gasteiger partial charge in [-0.1, -0.05) is 43.3 Å². The number of aromatic carboxylic acids is 1. The van der Waals surface area contributed by atoms with Gasteiger partial charge in [0.2, 0.25) is 0 Å². The number of benzene rings is 2. The molecule has 2 nitrogen and oxygen atoms in total. The predicted octanol–water partition coefficient (Wildman–Crippen LogP) is 3.75. The van der Waals surface area contributed by atoms with Crippen LogP contribution in [0.2, 0.25) is 0 Å². The van der Waals surface area contributed by atoms with Crippen molar-refractivity contribution in [3.05, 3.63) is 59.4 Å². The summed E-state index contributed by atoms with van der Waals surface area (Å²) in [6, 6.07) is 11.9. The van der Waals surface area contributed by atoms with Gasteiger partial charge in [0.1, 0.15) is 5.82 Å². The van der Waals surface area contributed by atoms with Crippen LogP contribution in [0.1, 0.15) is 22.8 Å². The third-order valence-electron chi connectivity index (χ3n) is 2.88. The molecule has 0 fully saturated rings. The van der Waals surface area contributed by atoms with E-state index < -0.39 is 11.8 Å². The number of rotatable bonds is 3. The average Bonchev–Trinajstić information content (AvgIpc) is 2.38. The number of carboxylic acid groups (broad SMARTS) is 1. The smallest absolute Gasteiger partial charge is 0.338 e. The van der Waals surface area contributed by atoms with Crippen LogP contribution in [0.4, 0.5) is 4.39 Å². The summed E-state index contributed by atoms with van der Waals surface area (Å²) in [5.41, 5.74) is 1.82. The minimum absolute atomic E-state index is 0.297. The molecule has 0 heterocycles. The molecule has 0 saturated heterocycles. The van der Waals surface area contributed by atoms with Crippen molar-refractivity contribution >= 4 is 5.97 Å². The molecule has 0 unspecified atom stereocenters. The Kier molecular flexibility index (Phi) is 3.42. The molecule has 2 aromatic carbocycles. The second kappa shape index (κ2) is 5.00. The van der Waals surface area contributed by atoms with Gasteiger partial charge in [0.25, 0.3) is 0 Å². The lowest BCUT2D eigenvalue weighted by atomic mass is 9.99. The molecule has 0 radical (unpaired) electrons. The van der Waals surface area contributed by atoms with Crippen LogP contribution in [0, 0.1) is 5.82 Å². The molecule has 2 rings (SSSR count). The molecule has 0 aromatic heterocycles. The predicted molar refractivity (Wildman–Crippen MR) is 68.2 cm³/mol. The second-order valence-corrected chi connectivity index (χ2v) is 4.03. The Bertz CT molecular complexity index is 591. The van der Waals surface area contributed by atoms with Crippen LogP contribution >= 0.6 is 0 Å². The maximum absolute atomic E-state index is 14.1. The van der Waals surface area contributed by atoms with Crippen LogP contribution in [0.25, 0.3) is 11.1 Å². The van der Waals surface area contributed by atoms with Crippen molar-refractivity contribution in [2.45, 2.75) is 13.3 Å². The largest absolute Gasteiger partial charge is 0.478 e. The summed E-state index contributed by atoms with van der Waals surface area (Å²) in [7, 11) is 0. The fourth-order valence-electron chi connectivity index (χ4n) is 1.88. The van der Waals surface area contributed by atoms with Gasteiger partial charge >= 0.3 is 5.97 Å². The highest BCUT2D eigenvalue weighted by molar-refractivity contribution is 5.90. The van der Waals surface area contributed by atoms with E-state index in [0.29, 0.717) is 11.1 Å². The Labute approximate surface area is 105 Å². The molecule has 3 heteroatoms. The molecule has 0 bridgehead atoms. The minimum atomic E-state index is -1.25. The molecule has 0 atom stereocenters. The number of aryl methyl sites for hydroxylation is 1. The van der Waals surface area contributed by atoms with Crippen molar-refractivity contribution in [1.29, 1.82) is 0 Å². The number of halogens is 1. The van der Waals surface area contributed by atoms with E-state index in [1.807, 2.05) is 25.1 Å². The van der Waals surface area contributed by atoms with E-state index in [1.54, 1.807) is 18.2 Å². The highest BCUT2D eigenvalue weighted by Gasteiger charge is 2.14. The fourth-order valence-corrected chi connectivity index (χ4v) is 1.88. The van der Waals surface area contributed by atoms with E-state index >= 15 is 0 Å². The lowest BCUT2D eigenvalue weighted by Crippen LogP contribution is -2.01. The number of hydrogen-bond acceptors (Lipinski definition) is 1. The zero-order chi connectivity index (χ0) is 13.1. The van der Waals surface area contributed by atoms with Crippen LogP contribution in [0.3, 0.4) is 0 Å². The molecule has 0 spiro atoms. The highest BCUT2D eigenvalue weighted by Crippen LogP contribution is 2.26. The van der Waals surface area contributed by atoms with Crippen molar-refractivity contribution in [1.82, 2.24) is 0 Å². The lowest BCUT2D eigenvalue weighted by molar-refractivity contribution is 0.0692. The normalized spacial score (nSPS) is 10.3. The number of carbonyl (C=O) groups is 1. The molecular weight excluding hydrogens is 231 g/mol. The van der Waals surface area contributed by atoms with Gasteiger partial charge in [-0.05, 0) is 23.6 Å². The van der Waals surface area contributed by atoms with Gasteiger partial charge < -0.3 is 5.11 Å². The summed E-state index contributed by atoms with van der Waals surface area (Å²) in [4.78, 5) is 10.9. The molecule has 0 aliphatic heterocycles. The van der Waals surface area contributed by atoms with Crippen LogP contribution in [0.15, 0.2) is 42.5 Å². The Morgan fingerprint density at radius 3 is 2.61 bits per heavy atom. The molecule has 18 heavy (non-hydrogen) atoms. The van der Waals surface area contributed by atoms with Crippen LogP contribution in [0.5, 0.6) is 0 Å². The van der Waals surface area contributed by atoms with E-state index in [1.165, 1.54) is 6.07 Å². The Morgan fingerprint density at radius 1 is 1.22 bits per heavy atom. The van der Waals surface area contributed by atoms with Crippen molar-refractivity contribution in [3.8, 4) is 11.1 Å². The first-order valence-corrected chi connectivity index (χ1v) is 5.74. The maximum atomic E-state index is 14.1. The lowest BCUT2D eigenvalue weighted by Gasteiger charge is -2.07. The van der Waals surface area contributed by atoms with Crippen molar-refractivity contribution in [2.24, 2.45) is 0 Å². The number of hydrogen-bond donors (Lipinski definition) is 1. The Morgan fingerprint density at radius 2 is 1.94 bits per heavy atom. The standard InChI is InChI=1S/C15H13FO2/c1-2-10-5-3-6-11(9-10)12-7-4-8-13(14(12)16)15(17)18/h3-9H,2H2,1H3,(H,17,18). The maximum Gasteiger partial charge on any atom is 0.338 e. The first kappa shape index (κ1) is 12.3. The van der Waals surface area contributed by atoms with E-state index in [-0.39, 0.29) is 5.56 Å². The summed E-state index contributed by atoms with van der Waals surface area (Å²) in [5, 5.41) is 8.90. The molecular formula is C15H13FO2. The molecule has 1 N–H and O–H groups in total. The van der Waals surface area contributed by atoms with Crippen LogP contribution in [-0.4, -0.2) is 11.1 Å². The molecule has 0 aliphatic rings. The van der Waals surface area contributed by atoms with Gasteiger partial charge in [-0.25, -0.2) is 9.18 Å². The highest BCUT2D eigenvalue weighted by atomic mass is 19.1. The number of carboxylic acids is 1. The van der Waals surface area contributed by atoms with Crippen molar-refractivity contribution < 1.29 is 14.3 Å². The Balaban J connectivity index is 2.57. The monoisotopic (exact) mass is 244 g/mol. The van der Waals surface area contributed by atoms with Crippen LogP contribution < -0.4 is 0 Å². The van der Waals surface area contributed by atoms with Gasteiger partial charge in [0, 0.05) is 5.56 Å².